The maximum absolute atomic E-state index is 13.3. The van der Waals surface area contributed by atoms with Crippen molar-refractivity contribution in [2.24, 2.45) is 0 Å². The number of hydrogen-bond donors (Lipinski definition) is 0. The lowest BCUT2D eigenvalue weighted by atomic mass is 9.77. The van der Waals surface area contributed by atoms with Gasteiger partial charge in [-0.15, -0.1) is 0 Å². The van der Waals surface area contributed by atoms with Gasteiger partial charge in [0.1, 0.15) is 0 Å². The van der Waals surface area contributed by atoms with Crippen LogP contribution in [0.15, 0.2) is 24.3 Å². The fraction of sp³-hybridized carbons (Fsp3) is 0.611. The zero-order valence-electron chi connectivity index (χ0n) is 13.4. The summed E-state index contributed by atoms with van der Waals surface area (Å²) in [5.41, 5.74) is 0.838. The molecule has 3 nitrogen and oxygen atoms in total. The van der Waals surface area contributed by atoms with Crippen molar-refractivity contribution in [1.82, 2.24) is 9.80 Å². The third-order valence-electron chi connectivity index (χ3n) is 5.27. The van der Waals surface area contributed by atoms with Crippen molar-refractivity contribution in [2.75, 3.05) is 33.2 Å². The molecule has 22 heavy (non-hydrogen) atoms. The van der Waals surface area contributed by atoms with Crippen LogP contribution in [0, 0.1) is 0 Å². The summed E-state index contributed by atoms with van der Waals surface area (Å²) in [4.78, 5) is 17.8. The molecule has 1 saturated heterocycles. The molecule has 0 bridgehead atoms. The molecule has 2 fully saturated rings. The first-order valence-corrected chi connectivity index (χ1v) is 8.74. The number of carbonyl (C=O) groups excluding carboxylic acids is 1. The van der Waals surface area contributed by atoms with Crippen molar-refractivity contribution >= 4 is 17.5 Å². The second-order valence-electron chi connectivity index (χ2n) is 6.75. The zero-order chi connectivity index (χ0) is 15.6. The molecule has 1 heterocycles. The standard InChI is InChI=1S/C18H25ClN2O/c1-20-11-4-12-21(14-13-20)17(22)18(9-2-3-10-18)15-5-7-16(19)8-6-15/h5-8H,2-4,9-14H2,1H3. The van der Waals surface area contributed by atoms with Crippen LogP contribution in [0.3, 0.4) is 0 Å². The van der Waals surface area contributed by atoms with E-state index in [9.17, 15) is 4.79 Å². The first-order chi connectivity index (χ1) is 10.6. The third kappa shape index (κ3) is 3.02. The Morgan fingerprint density at radius 1 is 1.00 bits per heavy atom. The number of benzene rings is 1. The number of hydrogen-bond acceptors (Lipinski definition) is 2. The van der Waals surface area contributed by atoms with E-state index < -0.39 is 0 Å². The van der Waals surface area contributed by atoms with Gasteiger partial charge < -0.3 is 9.80 Å². The molecule has 3 rings (SSSR count). The van der Waals surface area contributed by atoms with Gasteiger partial charge in [0.2, 0.25) is 5.91 Å². The van der Waals surface area contributed by atoms with Crippen LogP contribution in [0.2, 0.25) is 5.02 Å². The van der Waals surface area contributed by atoms with Gasteiger partial charge in [0, 0.05) is 24.7 Å². The second kappa shape index (κ2) is 6.59. The number of amides is 1. The van der Waals surface area contributed by atoms with Gasteiger partial charge in [0.25, 0.3) is 0 Å². The number of halogens is 1. The molecular weight excluding hydrogens is 296 g/mol. The average molecular weight is 321 g/mol. The zero-order valence-corrected chi connectivity index (χ0v) is 14.1. The molecule has 1 amide bonds. The molecule has 0 radical (unpaired) electrons. The molecule has 1 aromatic carbocycles. The first kappa shape index (κ1) is 15.8. The Morgan fingerprint density at radius 2 is 1.68 bits per heavy atom. The van der Waals surface area contributed by atoms with E-state index in [0.717, 1.165) is 68.9 Å². The van der Waals surface area contributed by atoms with Crippen LogP contribution >= 0.6 is 11.6 Å². The fourth-order valence-electron chi connectivity index (χ4n) is 3.93. The van der Waals surface area contributed by atoms with Gasteiger partial charge in [-0.3, -0.25) is 4.79 Å². The van der Waals surface area contributed by atoms with Gasteiger partial charge in [-0.25, -0.2) is 0 Å². The van der Waals surface area contributed by atoms with Crippen LogP contribution in [0.4, 0.5) is 0 Å². The van der Waals surface area contributed by atoms with E-state index in [1.807, 2.05) is 12.1 Å². The summed E-state index contributed by atoms with van der Waals surface area (Å²) in [5.74, 6) is 0.336. The van der Waals surface area contributed by atoms with Crippen LogP contribution in [-0.4, -0.2) is 48.9 Å². The van der Waals surface area contributed by atoms with Crippen LogP contribution in [0.5, 0.6) is 0 Å². The number of carbonyl (C=O) groups is 1. The van der Waals surface area contributed by atoms with Crippen molar-refractivity contribution in [3.63, 3.8) is 0 Å². The molecule has 4 heteroatoms. The van der Waals surface area contributed by atoms with E-state index in [4.69, 9.17) is 11.6 Å². The Labute approximate surface area is 138 Å². The molecule has 0 N–H and O–H groups in total. The van der Waals surface area contributed by atoms with E-state index in [1.165, 1.54) is 0 Å². The highest BCUT2D eigenvalue weighted by Gasteiger charge is 2.44. The van der Waals surface area contributed by atoms with Gasteiger partial charge in [-0.05, 0) is 50.6 Å². The maximum atomic E-state index is 13.3. The monoisotopic (exact) mass is 320 g/mol. The van der Waals surface area contributed by atoms with Crippen molar-refractivity contribution in [3.05, 3.63) is 34.9 Å². The normalized spacial score (nSPS) is 22.5. The predicted octanol–water partition coefficient (Wildman–Crippen LogP) is 3.32. The van der Waals surface area contributed by atoms with Gasteiger partial charge in [-0.1, -0.05) is 36.6 Å². The molecule has 1 aliphatic heterocycles. The summed E-state index contributed by atoms with van der Waals surface area (Å²) in [5, 5.41) is 0.737. The van der Waals surface area contributed by atoms with Gasteiger partial charge in [0.05, 0.1) is 5.41 Å². The Hall–Kier alpha value is -1.06. The molecular formula is C18H25ClN2O. The Balaban J connectivity index is 1.86. The van der Waals surface area contributed by atoms with Crippen molar-refractivity contribution < 1.29 is 4.79 Å². The molecule has 1 aromatic rings. The molecule has 120 valence electrons. The minimum atomic E-state index is -0.312. The lowest BCUT2D eigenvalue weighted by Crippen LogP contribution is -2.46. The van der Waals surface area contributed by atoms with Crippen LogP contribution < -0.4 is 0 Å². The van der Waals surface area contributed by atoms with Gasteiger partial charge >= 0.3 is 0 Å². The topological polar surface area (TPSA) is 23.6 Å². The SMILES string of the molecule is CN1CCCN(C(=O)C2(c3ccc(Cl)cc3)CCCC2)CC1. The highest BCUT2D eigenvalue weighted by atomic mass is 35.5. The summed E-state index contributed by atoms with van der Waals surface area (Å²) in [6.45, 7) is 3.79. The number of rotatable bonds is 2. The van der Waals surface area contributed by atoms with E-state index in [-0.39, 0.29) is 5.41 Å². The summed E-state index contributed by atoms with van der Waals surface area (Å²) >= 11 is 6.03. The molecule has 0 aromatic heterocycles. The molecule has 1 aliphatic carbocycles. The van der Waals surface area contributed by atoms with Crippen LogP contribution in [0.25, 0.3) is 0 Å². The third-order valence-corrected chi connectivity index (χ3v) is 5.52. The first-order valence-electron chi connectivity index (χ1n) is 8.36. The van der Waals surface area contributed by atoms with Crippen molar-refractivity contribution in [1.29, 1.82) is 0 Å². The largest absolute Gasteiger partial charge is 0.341 e. The van der Waals surface area contributed by atoms with Crippen molar-refractivity contribution in [3.8, 4) is 0 Å². The number of likely N-dealkylation sites (N-methyl/N-ethyl adjacent to an activating group) is 1. The van der Waals surface area contributed by atoms with Gasteiger partial charge in [-0.2, -0.15) is 0 Å². The molecule has 0 unspecified atom stereocenters. The van der Waals surface area contributed by atoms with E-state index in [0.29, 0.717) is 5.91 Å². The van der Waals surface area contributed by atoms with Crippen molar-refractivity contribution in [2.45, 2.75) is 37.5 Å². The highest BCUT2D eigenvalue weighted by Crippen LogP contribution is 2.43. The molecule has 0 spiro atoms. The quantitative estimate of drug-likeness (QED) is 0.834. The lowest BCUT2D eigenvalue weighted by molar-refractivity contribution is -0.137. The Bertz CT molecular complexity index is 522. The molecule has 1 saturated carbocycles. The molecule has 2 aliphatic rings. The van der Waals surface area contributed by atoms with Crippen LogP contribution in [-0.2, 0) is 10.2 Å². The second-order valence-corrected chi connectivity index (χ2v) is 7.18. The number of nitrogens with zero attached hydrogens (tertiary/aromatic N) is 2. The minimum Gasteiger partial charge on any atom is -0.341 e. The van der Waals surface area contributed by atoms with E-state index in [1.54, 1.807) is 0 Å². The average Bonchev–Trinajstić information content (AvgIpc) is 2.92. The fourth-order valence-corrected chi connectivity index (χ4v) is 4.05. The molecule has 0 atom stereocenters. The predicted molar refractivity (Wildman–Crippen MR) is 90.3 cm³/mol. The van der Waals surface area contributed by atoms with E-state index >= 15 is 0 Å². The Morgan fingerprint density at radius 3 is 2.36 bits per heavy atom. The summed E-state index contributed by atoms with van der Waals surface area (Å²) < 4.78 is 0. The lowest BCUT2D eigenvalue weighted by Gasteiger charge is -2.34. The van der Waals surface area contributed by atoms with Gasteiger partial charge in [0.15, 0.2) is 0 Å². The smallest absolute Gasteiger partial charge is 0.233 e. The maximum Gasteiger partial charge on any atom is 0.233 e. The summed E-state index contributed by atoms with van der Waals surface area (Å²) in [6.07, 6.45) is 5.29. The minimum absolute atomic E-state index is 0.312. The summed E-state index contributed by atoms with van der Waals surface area (Å²) in [7, 11) is 2.14. The highest BCUT2D eigenvalue weighted by molar-refractivity contribution is 6.30. The summed E-state index contributed by atoms with van der Waals surface area (Å²) in [6, 6.07) is 7.94. The Kier molecular flexibility index (Phi) is 4.74. The van der Waals surface area contributed by atoms with Crippen LogP contribution in [0.1, 0.15) is 37.7 Å². The van der Waals surface area contributed by atoms with E-state index in [2.05, 4.69) is 29.0 Å².